The summed E-state index contributed by atoms with van der Waals surface area (Å²) >= 11 is 4.12. The third-order valence-electron chi connectivity index (χ3n) is 6.80. The highest BCUT2D eigenvalue weighted by Gasteiger charge is 2.30. The predicted octanol–water partition coefficient (Wildman–Crippen LogP) is 0.223. The molecule has 9 N–H and O–H groups in total. The molecule has 0 bridgehead atoms. The Morgan fingerprint density at radius 3 is 1.78 bits per heavy atom. The van der Waals surface area contributed by atoms with Crippen molar-refractivity contribution in [2.24, 2.45) is 5.73 Å². The number of aromatic nitrogens is 2. The van der Waals surface area contributed by atoms with E-state index in [-0.39, 0.29) is 18.6 Å². The van der Waals surface area contributed by atoms with Crippen LogP contribution in [0.25, 0.3) is 21.8 Å². The first-order valence-electron chi connectivity index (χ1n) is 12.9. The summed E-state index contributed by atoms with van der Waals surface area (Å²) in [4.78, 5) is 56.6. The Labute approximate surface area is 240 Å². The monoisotopic (exact) mass is 580 g/mol. The lowest BCUT2D eigenvalue weighted by Gasteiger charge is -2.23. The van der Waals surface area contributed by atoms with Gasteiger partial charge >= 0.3 is 5.97 Å². The lowest BCUT2D eigenvalue weighted by molar-refractivity contribution is -0.142. The molecule has 4 atom stereocenters. The maximum Gasteiger partial charge on any atom is 0.326 e. The molecule has 0 aliphatic carbocycles. The minimum Gasteiger partial charge on any atom is -0.480 e. The zero-order valence-corrected chi connectivity index (χ0v) is 22.9. The molecule has 0 spiro atoms. The number of fused-ring (bicyclic) bond motifs is 2. The lowest BCUT2D eigenvalue weighted by Crippen LogP contribution is -2.58. The van der Waals surface area contributed by atoms with E-state index in [2.05, 4.69) is 38.5 Å². The van der Waals surface area contributed by atoms with Gasteiger partial charge in [-0.1, -0.05) is 36.4 Å². The number of aliphatic hydroxyl groups excluding tert-OH is 1. The fourth-order valence-corrected chi connectivity index (χ4v) is 4.82. The number of para-hydroxylation sites is 2. The van der Waals surface area contributed by atoms with Gasteiger partial charge in [-0.3, -0.25) is 14.4 Å². The summed E-state index contributed by atoms with van der Waals surface area (Å²) in [5.41, 5.74) is 9.32. The highest BCUT2D eigenvalue weighted by molar-refractivity contribution is 7.80. The van der Waals surface area contributed by atoms with Crippen molar-refractivity contribution in [3.05, 3.63) is 72.1 Å². The molecule has 2 aromatic carbocycles. The van der Waals surface area contributed by atoms with E-state index in [1.54, 1.807) is 12.4 Å². The first-order valence-corrected chi connectivity index (χ1v) is 13.6. The number of thiol groups is 1. The van der Waals surface area contributed by atoms with E-state index in [0.29, 0.717) is 5.56 Å². The van der Waals surface area contributed by atoms with Crippen molar-refractivity contribution in [3.63, 3.8) is 0 Å². The van der Waals surface area contributed by atoms with Gasteiger partial charge in [-0.25, -0.2) is 4.79 Å². The van der Waals surface area contributed by atoms with Crippen molar-refractivity contribution in [3.8, 4) is 0 Å². The molecule has 12 nitrogen and oxygen atoms in total. The van der Waals surface area contributed by atoms with Crippen LogP contribution in [-0.2, 0) is 32.0 Å². The molecule has 4 aromatic rings. The van der Waals surface area contributed by atoms with Crippen LogP contribution >= 0.6 is 12.6 Å². The lowest BCUT2D eigenvalue weighted by atomic mass is 10.0. The number of benzene rings is 2. The maximum atomic E-state index is 12.9. The van der Waals surface area contributed by atoms with Crippen LogP contribution in [0.3, 0.4) is 0 Å². The Morgan fingerprint density at radius 2 is 1.24 bits per heavy atom. The number of H-pyrrole nitrogens is 2. The topological polar surface area (TPSA) is 202 Å². The standard InChI is InChI=1S/C28H32N6O6S/c29-19(9-15-11-30-20-7-3-1-5-17(15)20)25(36)33-23(13-35)26(37)34-24(14-41)27(38)32-22(28(39)40)10-16-12-31-21-8-4-2-6-18(16)21/h1-8,11-12,19,22-24,30-31,35,41H,9-10,13-14,29H2,(H,32,38)(H,33,36)(H,34,37)(H,39,40). The Hall–Kier alpha value is -4.33. The van der Waals surface area contributed by atoms with Crippen molar-refractivity contribution >= 4 is 58.1 Å². The van der Waals surface area contributed by atoms with Crippen LogP contribution in [0.1, 0.15) is 11.1 Å². The van der Waals surface area contributed by atoms with Gasteiger partial charge in [0.25, 0.3) is 0 Å². The van der Waals surface area contributed by atoms with Gasteiger partial charge in [-0.2, -0.15) is 12.6 Å². The molecule has 3 amide bonds. The van der Waals surface area contributed by atoms with Crippen LogP contribution in [0.2, 0.25) is 0 Å². The van der Waals surface area contributed by atoms with Crippen LogP contribution in [0.15, 0.2) is 60.9 Å². The van der Waals surface area contributed by atoms with Crippen LogP contribution < -0.4 is 21.7 Å². The summed E-state index contributed by atoms with van der Waals surface area (Å²) in [7, 11) is 0. The Morgan fingerprint density at radius 1 is 0.756 bits per heavy atom. The highest BCUT2D eigenvalue weighted by atomic mass is 32.1. The SMILES string of the molecule is NC(Cc1c[nH]c2ccccc12)C(=O)NC(CO)C(=O)NC(CS)C(=O)NC(Cc1c[nH]c2ccccc12)C(=O)O. The summed E-state index contributed by atoms with van der Waals surface area (Å²) in [6.45, 7) is -0.753. The molecule has 0 saturated heterocycles. The van der Waals surface area contributed by atoms with Gasteiger partial charge in [0.1, 0.15) is 18.1 Å². The molecule has 41 heavy (non-hydrogen) atoms. The van der Waals surface area contributed by atoms with Crippen molar-refractivity contribution in [2.75, 3.05) is 12.4 Å². The molecule has 0 aliphatic heterocycles. The first-order chi connectivity index (χ1) is 19.7. The van der Waals surface area contributed by atoms with Crippen LogP contribution in [0.5, 0.6) is 0 Å². The van der Waals surface area contributed by atoms with Gasteiger partial charge < -0.3 is 41.9 Å². The number of aliphatic hydroxyl groups is 1. The molecule has 4 unspecified atom stereocenters. The Balaban J connectivity index is 1.35. The molecule has 4 rings (SSSR count). The zero-order valence-electron chi connectivity index (χ0n) is 22.0. The average Bonchev–Trinajstić information content (AvgIpc) is 3.57. The van der Waals surface area contributed by atoms with Gasteiger partial charge in [0.2, 0.25) is 17.7 Å². The molecule has 216 valence electrons. The van der Waals surface area contributed by atoms with Crippen molar-refractivity contribution in [2.45, 2.75) is 37.0 Å². The number of aromatic amines is 2. The number of hydrogen-bond donors (Lipinski definition) is 9. The third kappa shape index (κ3) is 7.06. The molecule has 0 saturated carbocycles. The second-order valence-corrected chi connectivity index (χ2v) is 9.99. The minimum atomic E-state index is -1.40. The number of nitrogens with two attached hydrogens (primary N) is 1. The average molecular weight is 581 g/mol. The van der Waals surface area contributed by atoms with Crippen molar-refractivity contribution in [1.29, 1.82) is 0 Å². The number of rotatable bonds is 13. The van der Waals surface area contributed by atoms with Gasteiger partial charge in [0, 0.05) is 46.4 Å². The van der Waals surface area contributed by atoms with Crippen molar-refractivity contribution < 1.29 is 29.4 Å². The molecule has 0 radical (unpaired) electrons. The van der Waals surface area contributed by atoms with E-state index in [1.165, 1.54) is 0 Å². The first kappa shape index (κ1) is 29.6. The largest absolute Gasteiger partial charge is 0.480 e. The van der Waals surface area contributed by atoms with Crippen LogP contribution in [0.4, 0.5) is 0 Å². The number of amides is 3. The summed E-state index contributed by atoms with van der Waals surface area (Å²) in [6.07, 6.45) is 3.63. The quantitative estimate of drug-likeness (QED) is 0.101. The number of carboxylic acid groups (broad SMARTS) is 1. The number of carbonyl (C=O) groups is 4. The van der Waals surface area contributed by atoms with E-state index in [0.717, 1.165) is 27.4 Å². The third-order valence-corrected chi connectivity index (χ3v) is 7.16. The number of carbonyl (C=O) groups excluding carboxylic acids is 3. The van der Waals surface area contributed by atoms with E-state index >= 15 is 0 Å². The molecular weight excluding hydrogens is 548 g/mol. The minimum absolute atomic E-state index is 0.00195. The summed E-state index contributed by atoms with van der Waals surface area (Å²) in [5.74, 6) is -3.71. The van der Waals surface area contributed by atoms with Gasteiger partial charge in [0.05, 0.1) is 12.6 Å². The fourth-order valence-electron chi connectivity index (χ4n) is 4.56. The Bertz CT molecular complexity index is 1550. The number of nitrogens with one attached hydrogen (secondary N) is 5. The number of hydrogen-bond acceptors (Lipinski definition) is 7. The van der Waals surface area contributed by atoms with Gasteiger partial charge in [-0.05, 0) is 29.7 Å². The molecular formula is C28H32N6O6S. The van der Waals surface area contributed by atoms with Crippen molar-refractivity contribution in [1.82, 2.24) is 25.9 Å². The number of carboxylic acids is 1. The molecule has 2 heterocycles. The normalized spacial score (nSPS) is 14.2. The molecule has 13 heteroatoms. The maximum absolute atomic E-state index is 12.9. The van der Waals surface area contributed by atoms with Crippen LogP contribution in [-0.4, -0.2) is 80.4 Å². The smallest absolute Gasteiger partial charge is 0.326 e. The highest BCUT2D eigenvalue weighted by Crippen LogP contribution is 2.20. The second kappa shape index (κ2) is 13.4. The van der Waals surface area contributed by atoms with Gasteiger partial charge in [0.15, 0.2) is 0 Å². The molecule has 2 aromatic heterocycles. The molecule has 0 fully saturated rings. The number of aliphatic carboxylic acids is 1. The van der Waals surface area contributed by atoms with E-state index < -0.39 is 54.5 Å². The van der Waals surface area contributed by atoms with E-state index in [4.69, 9.17) is 5.73 Å². The van der Waals surface area contributed by atoms with E-state index in [9.17, 15) is 29.4 Å². The summed E-state index contributed by atoms with van der Waals surface area (Å²) < 4.78 is 0. The van der Waals surface area contributed by atoms with E-state index in [1.807, 2.05) is 48.5 Å². The van der Waals surface area contributed by atoms with Crippen LogP contribution in [0, 0.1) is 0 Å². The zero-order chi connectivity index (χ0) is 29.5. The molecule has 0 aliphatic rings. The Kier molecular flexibility index (Phi) is 9.65. The van der Waals surface area contributed by atoms with Gasteiger partial charge in [-0.15, -0.1) is 0 Å². The predicted molar refractivity (Wildman–Crippen MR) is 156 cm³/mol. The summed E-state index contributed by atoms with van der Waals surface area (Å²) in [6, 6.07) is 9.98. The summed E-state index contributed by atoms with van der Waals surface area (Å²) in [5, 5.41) is 28.5. The fraction of sp³-hybridized carbons (Fsp3) is 0.286. The second-order valence-electron chi connectivity index (χ2n) is 9.62.